The van der Waals surface area contributed by atoms with Gasteiger partial charge < -0.3 is 0 Å². The third-order valence-corrected chi connectivity index (χ3v) is 7.01. The Balaban J connectivity index is 1.98. The van der Waals surface area contributed by atoms with Crippen LogP contribution in [0.15, 0.2) is 24.3 Å². The fraction of sp³-hybridized carbons (Fsp3) is 0.478. The van der Waals surface area contributed by atoms with Crippen LogP contribution in [-0.4, -0.2) is 0 Å². The van der Waals surface area contributed by atoms with E-state index in [0.29, 0.717) is 11.3 Å². The Kier molecular flexibility index (Phi) is 3.24. The lowest BCUT2D eigenvalue weighted by Gasteiger charge is -2.41. The summed E-state index contributed by atoms with van der Waals surface area (Å²) in [4.78, 5) is 0. The molecule has 0 nitrogen and oxygen atoms in total. The molecule has 2 aromatic carbocycles. The molecule has 0 heterocycles. The van der Waals surface area contributed by atoms with Crippen molar-refractivity contribution in [1.29, 1.82) is 0 Å². The summed E-state index contributed by atoms with van der Waals surface area (Å²) in [5.74, 6) is 0.616. The van der Waals surface area contributed by atoms with Gasteiger partial charge in [-0.1, -0.05) is 31.2 Å². The fourth-order valence-corrected chi connectivity index (χ4v) is 5.24. The number of rotatable bonds is 1. The average molecular weight is 304 g/mol. The maximum absolute atomic E-state index is 2.50. The third-order valence-electron chi connectivity index (χ3n) is 7.01. The van der Waals surface area contributed by atoms with Gasteiger partial charge in [0.2, 0.25) is 0 Å². The Morgan fingerprint density at radius 1 is 0.957 bits per heavy atom. The zero-order chi connectivity index (χ0) is 16.4. The molecule has 2 aliphatic rings. The molecule has 23 heavy (non-hydrogen) atoms. The monoisotopic (exact) mass is 304 g/mol. The van der Waals surface area contributed by atoms with Gasteiger partial charge in [0.1, 0.15) is 0 Å². The van der Waals surface area contributed by atoms with Crippen LogP contribution in [0.4, 0.5) is 0 Å². The molecule has 2 aliphatic carbocycles. The van der Waals surface area contributed by atoms with Crippen molar-refractivity contribution in [2.24, 2.45) is 5.41 Å². The molecular weight excluding hydrogens is 276 g/mol. The minimum atomic E-state index is 0.456. The Morgan fingerprint density at radius 2 is 1.70 bits per heavy atom. The average Bonchev–Trinajstić information content (AvgIpc) is 2.85. The van der Waals surface area contributed by atoms with E-state index >= 15 is 0 Å². The van der Waals surface area contributed by atoms with E-state index in [1.165, 1.54) is 47.9 Å². The summed E-state index contributed by atoms with van der Waals surface area (Å²) in [7, 11) is 0. The van der Waals surface area contributed by atoms with Gasteiger partial charge in [-0.2, -0.15) is 0 Å². The molecule has 0 fully saturated rings. The van der Waals surface area contributed by atoms with E-state index in [1.54, 1.807) is 22.3 Å². The van der Waals surface area contributed by atoms with E-state index in [-0.39, 0.29) is 0 Å². The lowest BCUT2D eigenvalue weighted by Crippen LogP contribution is -2.32. The summed E-state index contributed by atoms with van der Waals surface area (Å²) in [5.41, 5.74) is 12.9. The minimum Gasteiger partial charge on any atom is -0.0648 e. The molecule has 0 N–H and O–H groups in total. The molecule has 2 atom stereocenters. The van der Waals surface area contributed by atoms with Gasteiger partial charge in [0.25, 0.3) is 0 Å². The van der Waals surface area contributed by atoms with Gasteiger partial charge in [0.05, 0.1) is 0 Å². The van der Waals surface area contributed by atoms with Crippen LogP contribution in [0, 0.1) is 33.1 Å². The Labute approximate surface area is 140 Å². The van der Waals surface area contributed by atoms with E-state index < -0.39 is 0 Å². The highest BCUT2D eigenvalue weighted by Crippen LogP contribution is 2.59. The van der Waals surface area contributed by atoms with Gasteiger partial charge in [-0.25, -0.2) is 0 Å². The maximum atomic E-state index is 2.50. The first-order valence-corrected chi connectivity index (χ1v) is 9.16. The van der Waals surface area contributed by atoms with Crippen LogP contribution in [0.2, 0.25) is 0 Å². The zero-order valence-corrected chi connectivity index (χ0v) is 15.2. The van der Waals surface area contributed by atoms with Gasteiger partial charge in [0, 0.05) is 5.92 Å². The predicted molar refractivity (Wildman–Crippen MR) is 98.4 cm³/mol. The molecular formula is C23H28. The predicted octanol–water partition coefficient (Wildman–Crippen LogP) is 5.95. The summed E-state index contributed by atoms with van der Waals surface area (Å²) in [5, 5.41) is 0. The molecule has 0 amide bonds. The molecule has 0 heteroatoms. The van der Waals surface area contributed by atoms with E-state index in [2.05, 4.69) is 58.9 Å². The lowest BCUT2D eigenvalue weighted by atomic mass is 9.62. The van der Waals surface area contributed by atoms with E-state index in [0.717, 1.165) is 0 Å². The van der Waals surface area contributed by atoms with Crippen LogP contribution in [-0.2, 0) is 12.8 Å². The Hall–Kier alpha value is -1.56. The van der Waals surface area contributed by atoms with Crippen LogP contribution in [0.3, 0.4) is 0 Å². The van der Waals surface area contributed by atoms with Crippen LogP contribution in [0.25, 0.3) is 0 Å². The second kappa shape index (κ2) is 4.97. The van der Waals surface area contributed by atoms with Crippen LogP contribution in [0.5, 0.6) is 0 Å². The van der Waals surface area contributed by atoms with Crippen molar-refractivity contribution in [3.63, 3.8) is 0 Å². The molecule has 0 saturated carbocycles. The second-order valence-electron chi connectivity index (χ2n) is 8.04. The van der Waals surface area contributed by atoms with E-state index in [1.807, 2.05) is 0 Å². The Morgan fingerprint density at radius 3 is 2.43 bits per heavy atom. The molecule has 0 aliphatic heterocycles. The quantitative estimate of drug-likeness (QED) is 0.610. The fourth-order valence-electron chi connectivity index (χ4n) is 5.24. The summed E-state index contributed by atoms with van der Waals surface area (Å²) in [6, 6.07) is 9.76. The molecule has 2 unspecified atom stereocenters. The van der Waals surface area contributed by atoms with E-state index in [9.17, 15) is 0 Å². The van der Waals surface area contributed by atoms with Gasteiger partial charge >= 0.3 is 0 Å². The molecule has 0 spiro atoms. The number of aryl methyl sites for hydroxylation is 3. The minimum absolute atomic E-state index is 0.456. The molecule has 4 rings (SSSR count). The van der Waals surface area contributed by atoms with Crippen molar-refractivity contribution in [2.45, 2.75) is 66.2 Å². The number of benzene rings is 2. The maximum Gasteiger partial charge on any atom is 0.0155 e. The van der Waals surface area contributed by atoms with Crippen molar-refractivity contribution in [3.05, 3.63) is 68.8 Å². The lowest BCUT2D eigenvalue weighted by molar-refractivity contribution is 0.221. The first kappa shape index (κ1) is 15.0. The molecule has 0 saturated heterocycles. The second-order valence-corrected chi connectivity index (χ2v) is 8.04. The van der Waals surface area contributed by atoms with Gasteiger partial charge in [0.15, 0.2) is 0 Å². The van der Waals surface area contributed by atoms with E-state index in [4.69, 9.17) is 0 Å². The first-order chi connectivity index (χ1) is 11.0. The van der Waals surface area contributed by atoms with Crippen molar-refractivity contribution in [1.82, 2.24) is 0 Å². The summed E-state index contributed by atoms with van der Waals surface area (Å²) >= 11 is 0. The highest BCUT2D eigenvalue weighted by atomic mass is 14.5. The normalized spacial score (nSPS) is 25.0. The summed E-state index contributed by atoms with van der Waals surface area (Å²) < 4.78 is 0. The molecule has 0 aromatic heterocycles. The summed E-state index contributed by atoms with van der Waals surface area (Å²) in [6.45, 7) is 11.5. The number of hydrogen-bond acceptors (Lipinski definition) is 0. The molecule has 2 aromatic rings. The van der Waals surface area contributed by atoms with Crippen molar-refractivity contribution in [3.8, 4) is 0 Å². The Bertz CT molecular complexity index is 796. The van der Waals surface area contributed by atoms with Crippen LogP contribution < -0.4 is 0 Å². The number of hydrogen-bond donors (Lipinski definition) is 0. The van der Waals surface area contributed by atoms with Gasteiger partial charge in [-0.15, -0.1) is 0 Å². The van der Waals surface area contributed by atoms with Crippen LogP contribution in [0.1, 0.15) is 70.2 Å². The highest BCUT2D eigenvalue weighted by molar-refractivity contribution is 5.55. The SMILES string of the molecule is CCC12CCc3c(ccc(C)c3C)C1c1cc(C)c(C)cc1C2. The third kappa shape index (κ3) is 1.97. The first-order valence-electron chi connectivity index (χ1n) is 9.16. The smallest absolute Gasteiger partial charge is 0.0155 e. The zero-order valence-electron chi connectivity index (χ0n) is 15.2. The van der Waals surface area contributed by atoms with Crippen LogP contribution >= 0.6 is 0 Å². The number of fused-ring (bicyclic) bond motifs is 5. The largest absolute Gasteiger partial charge is 0.0648 e. The van der Waals surface area contributed by atoms with Crippen molar-refractivity contribution < 1.29 is 0 Å². The molecule has 120 valence electrons. The summed E-state index contributed by atoms with van der Waals surface area (Å²) in [6.07, 6.45) is 5.17. The van der Waals surface area contributed by atoms with Gasteiger partial charge in [-0.3, -0.25) is 0 Å². The van der Waals surface area contributed by atoms with Crippen molar-refractivity contribution in [2.75, 3.05) is 0 Å². The molecule has 0 bridgehead atoms. The van der Waals surface area contributed by atoms with Gasteiger partial charge in [-0.05, 0) is 103 Å². The van der Waals surface area contributed by atoms with Crippen molar-refractivity contribution >= 4 is 0 Å². The molecule has 0 radical (unpaired) electrons. The topological polar surface area (TPSA) is 0 Å². The highest BCUT2D eigenvalue weighted by Gasteiger charge is 2.48. The standard InChI is InChI=1S/C23H28/c1-6-23-10-9-19-17(5)14(2)7-8-20(19)22(23)21-12-16(4)15(3)11-18(21)13-23/h7-8,11-12,22H,6,9-10,13H2,1-5H3.